The van der Waals surface area contributed by atoms with E-state index < -0.39 is 22.2 Å². The van der Waals surface area contributed by atoms with E-state index in [2.05, 4.69) is 10.3 Å². The van der Waals surface area contributed by atoms with E-state index in [4.69, 9.17) is 4.74 Å². The molecule has 2 aromatic rings. The first-order valence-corrected chi connectivity index (χ1v) is 9.62. The Labute approximate surface area is 173 Å². The van der Waals surface area contributed by atoms with Crippen molar-refractivity contribution in [3.63, 3.8) is 0 Å². The van der Waals surface area contributed by atoms with E-state index in [0.29, 0.717) is 30.6 Å². The number of non-ortho nitro benzene ring substituents is 1. The van der Waals surface area contributed by atoms with Crippen LogP contribution in [-0.2, 0) is 22.5 Å². The number of nitro benzene ring substituents is 1. The molecule has 0 aliphatic heterocycles. The number of hydrogen-bond donors (Lipinski definition) is 1. The van der Waals surface area contributed by atoms with Gasteiger partial charge < -0.3 is 14.8 Å². The van der Waals surface area contributed by atoms with E-state index in [1.165, 1.54) is 29.7 Å². The molecule has 1 aromatic carbocycles. The van der Waals surface area contributed by atoms with Crippen LogP contribution in [0.2, 0.25) is 0 Å². The lowest BCUT2D eigenvalue weighted by Crippen LogP contribution is -2.36. The Morgan fingerprint density at radius 3 is 2.60 bits per heavy atom. The molecule has 0 bridgehead atoms. The Morgan fingerprint density at radius 2 is 2.00 bits per heavy atom. The van der Waals surface area contributed by atoms with Crippen LogP contribution in [0.1, 0.15) is 46.4 Å². The molecular weight excluding hydrogens is 392 g/mol. The lowest BCUT2D eigenvalue weighted by molar-refractivity contribution is -0.384. The summed E-state index contributed by atoms with van der Waals surface area (Å²) in [6, 6.07) is 3.93. The molecule has 1 N–H and O–H groups in total. The predicted molar refractivity (Wildman–Crippen MR) is 111 cm³/mol. The zero-order valence-corrected chi connectivity index (χ0v) is 17.6. The number of carbonyl (C=O) groups is 2. The monoisotopic (exact) mass is 418 g/mol. The first-order chi connectivity index (χ1) is 14.0. The summed E-state index contributed by atoms with van der Waals surface area (Å²) < 4.78 is 6.55. The zero-order chi connectivity index (χ0) is 22.5. The van der Waals surface area contributed by atoms with Crippen LogP contribution in [0.15, 0.2) is 23.0 Å². The highest BCUT2D eigenvalue weighted by Gasteiger charge is 2.17. The highest BCUT2D eigenvalue weighted by atomic mass is 16.6. The standard InChI is InChI=1S/C20H26N4O6/c1-13(25)6-5-7-17-22-16-9-8-14(24(28)29)12-15(16)18(26)23(17)11-10-21-19(27)30-20(2,3)4/h8-9,12H,5-7,10-11H2,1-4H3,(H,21,27). The van der Waals surface area contributed by atoms with Gasteiger partial charge in [-0.15, -0.1) is 0 Å². The molecule has 1 amide bonds. The fourth-order valence-corrected chi connectivity index (χ4v) is 2.87. The maximum Gasteiger partial charge on any atom is 0.407 e. The molecule has 1 aromatic heterocycles. The van der Waals surface area contributed by atoms with Crippen LogP contribution >= 0.6 is 0 Å². The molecule has 0 fully saturated rings. The Hall–Kier alpha value is -3.30. The maximum absolute atomic E-state index is 13.0. The van der Waals surface area contributed by atoms with Crippen molar-refractivity contribution in [1.29, 1.82) is 0 Å². The number of nitro groups is 1. The molecule has 30 heavy (non-hydrogen) atoms. The number of aromatic nitrogens is 2. The Balaban J connectivity index is 2.32. The topological polar surface area (TPSA) is 133 Å². The van der Waals surface area contributed by atoms with Crippen molar-refractivity contribution in [2.75, 3.05) is 6.54 Å². The number of ether oxygens (including phenoxy) is 1. The van der Waals surface area contributed by atoms with Crippen molar-refractivity contribution in [2.24, 2.45) is 0 Å². The quantitative estimate of drug-likeness (QED) is 0.514. The number of alkyl carbamates (subject to hydrolysis) is 1. The first-order valence-electron chi connectivity index (χ1n) is 9.62. The van der Waals surface area contributed by atoms with Gasteiger partial charge in [0.05, 0.1) is 15.8 Å². The summed E-state index contributed by atoms with van der Waals surface area (Å²) in [5, 5.41) is 13.8. The number of ketones is 1. The molecule has 0 unspecified atom stereocenters. The highest BCUT2D eigenvalue weighted by molar-refractivity contribution is 5.80. The molecular formula is C20H26N4O6. The number of amides is 1. The summed E-state index contributed by atoms with van der Waals surface area (Å²) in [7, 11) is 0. The summed E-state index contributed by atoms with van der Waals surface area (Å²) >= 11 is 0. The van der Waals surface area contributed by atoms with Gasteiger partial charge >= 0.3 is 6.09 Å². The minimum atomic E-state index is -0.651. The van der Waals surface area contributed by atoms with Crippen molar-refractivity contribution in [2.45, 2.75) is 59.1 Å². The van der Waals surface area contributed by atoms with Crippen LogP contribution in [0, 0.1) is 10.1 Å². The average molecular weight is 418 g/mol. The third-order valence-corrected chi connectivity index (χ3v) is 4.16. The van der Waals surface area contributed by atoms with E-state index in [0.717, 1.165) is 0 Å². The van der Waals surface area contributed by atoms with E-state index >= 15 is 0 Å². The van der Waals surface area contributed by atoms with Gasteiger partial charge in [0.1, 0.15) is 17.2 Å². The maximum atomic E-state index is 13.0. The third kappa shape index (κ3) is 6.36. The van der Waals surface area contributed by atoms with Crippen LogP contribution < -0.4 is 10.9 Å². The van der Waals surface area contributed by atoms with E-state index in [-0.39, 0.29) is 29.9 Å². The number of hydrogen-bond acceptors (Lipinski definition) is 7. The molecule has 0 saturated carbocycles. The number of rotatable bonds is 8. The largest absolute Gasteiger partial charge is 0.444 e. The van der Waals surface area contributed by atoms with Crippen molar-refractivity contribution in [3.05, 3.63) is 44.5 Å². The summed E-state index contributed by atoms with van der Waals surface area (Å²) in [5.74, 6) is 0.487. The van der Waals surface area contributed by atoms with Gasteiger partial charge in [0.15, 0.2) is 0 Å². The zero-order valence-electron chi connectivity index (χ0n) is 17.6. The minimum Gasteiger partial charge on any atom is -0.444 e. The van der Waals surface area contributed by atoms with Crippen LogP contribution in [-0.4, -0.2) is 38.5 Å². The van der Waals surface area contributed by atoms with Gasteiger partial charge in [0.2, 0.25) is 0 Å². The molecule has 1 heterocycles. The normalized spacial score (nSPS) is 11.3. The molecule has 10 nitrogen and oxygen atoms in total. The second kappa shape index (κ2) is 9.47. The Bertz CT molecular complexity index is 1020. The molecule has 0 spiro atoms. The summed E-state index contributed by atoms with van der Waals surface area (Å²) in [5.41, 5.74) is -0.946. The van der Waals surface area contributed by atoms with Crippen LogP contribution in [0.4, 0.5) is 10.5 Å². The number of aryl methyl sites for hydroxylation is 1. The Kier molecular flexibility index (Phi) is 7.25. The summed E-state index contributed by atoms with van der Waals surface area (Å²) in [4.78, 5) is 51.1. The van der Waals surface area contributed by atoms with Crippen molar-refractivity contribution in [3.8, 4) is 0 Å². The molecule has 0 radical (unpaired) electrons. The fraction of sp³-hybridized carbons (Fsp3) is 0.500. The average Bonchev–Trinajstić information content (AvgIpc) is 2.62. The van der Waals surface area contributed by atoms with Gasteiger partial charge in [0.25, 0.3) is 11.2 Å². The highest BCUT2D eigenvalue weighted by Crippen LogP contribution is 2.18. The fourth-order valence-electron chi connectivity index (χ4n) is 2.87. The lowest BCUT2D eigenvalue weighted by Gasteiger charge is -2.20. The van der Waals surface area contributed by atoms with E-state index in [1.54, 1.807) is 20.8 Å². The number of fused-ring (bicyclic) bond motifs is 1. The van der Waals surface area contributed by atoms with Gasteiger partial charge in [-0.2, -0.15) is 0 Å². The Morgan fingerprint density at radius 1 is 1.30 bits per heavy atom. The van der Waals surface area contributed by atoms with Crippen molar-refractivity contribution < 1.29 is 19.2 Å². The molecule has 2 rings (SSSR count). The van der Waals surface area contributed by atoms with Crippen molar-refractivity contribution >= 4 is 28.5 Å². The molecule has 10 heteroatoms. The molecule has 0 atom stereocenters. The smallest absolute Gasteiger partial charge is 0.407 e. The number of carbonyl (C=O) groups excluding carboxylic acids is 2. The molecule has 0 aliphatic rings. The van der Waals surface area contributed by atoms with Crippen LogP contribution in [0.5, 0.6) is 0 Å². The third-order valence-electron chi connectivity index (χ3n) is 4.16. The molecule has 0 saturated heterocycles. The van der Waals surface area contributed by atoms with E-state index in [1.807, 2.05) is 0 Å². The second-order valence-electron chi connectivity index (χ2n) is 7.93. The van der Waals surface area contributed by atoms with Gasteiger partial charge in [-0.3, -0.25) is 19.5 Å². The summed E-state index contributed by atoms with van der Waals surface area (Å²) in [6.45, 7) is 6.93. The van der Waals surface area contributed by atoms with Gasteiger partial charge in [-0.25, -0.2) is 9.78 Å². The van der Waals surface area contributed by atoms with Gasteiger partial charge in [0, 0.05) is 38.1 Å². The number of nitrogens with one attached hydrogen (secondary N) is 1. The van der Waals surface area contributed by atoms with E-state index in [9.17, 15) is 24.5 Å². The van der Waals surface area contributed by atoms with Gasteiger partial charge in [-0.1, -0.05) is 0 Å². The van der Waals surface area contributed by atoms with Crippen LogP contribution in [0.3, 0.4) is 0 Å². The number of Topliss-reactive ketones (excluding diaryl/α,β-unsaturated/α-hetero) is 1. The molecule has 0 aliphatic carbocycles. The van der Waals surface area contributed by atoms with Crippen LogP contribution in [0.25, 0.3) is 10.9 Å². The first kappa shape index (κ1) is 23.0. The number of nitrogens with zero attached hydrogens (tertiary/aromatic N) is 3. The number of benzene rings is 1. The predicted octanol–water partition coefficient (Wildman–Crippen LogP) is 2.74. The van der Waals surface area contributed by atoms with Crippen molar-refractivity contribution in [1.82, 2.24) is 14.9 Å². The minimum absolute atomic E-state index is 0.0342. The second-order valence-corrected chi connectivity index (χ2v) is 7.93. The summed E-state index contributed by atoms with van der Waals surface area (Å²) in [6.07, 6.45) is 0.635. The van der Waals surface area contributed by atoms with Gasteiger partial charge in [-0.05, 0) is 40.2 Å². The lowest BCUT2D eigenvalue weighted by atomic mass is 10.1. The molecule has 162 valence electrons. The SMILES string of the molecule is CC(=O)CCCc1nc2ccc([N+](=O)[O-])cc2c(=O)n1CCNC(=O)OC(C)(C)C.